The van der Waals surface area contributed by atoms with Crippen molar-refractivity contribution >= 4 is 27.6 Å². The molecule has 0 bridgehead atoms. The Hall–Kier alpha value is -2.72. The molecule has 0 aromatic carbocycles. The highest BCUT2D eigenvalue weighted by molar-refractivity contribution is 7.90. The molecule has 33 heavy (non-hydrogen) atoms. The lowest BCUT2D eigenvalue weighted by Gasteiger charge is -2.33. The number of ether oxygens (including phenoxy) is 1. The molecule has 2 fully saturated rings. The molecule has 2 saturated heterocycles. The van der Waals surface area contributed by atoms with Gasteiger partial charge >= 0.3 is 0 Å². The van der Waals surface area contributed by atoms with Crippen molar-refractivity contribution < 1.29 is 17.9 Å². The zero-order valence-electron chi connectivity index (χ0n) is 19.5. The first kappa shape index (κ1) is 23.4. The first-order valence-corrected chi connectivity index (χ1v) is 12.7. The highest BCUT2D eigenvalue weighted by atomic mass is 32.2. The quantitative estimate of drug-likeness (QED) is 0.706. The number of nitrogens with zero attached hydrogens (tertiary/aromatic N) is 4. The minimum atomic E-state index is -4.18. The van der Waals surface area contributed by atoms with Crippen LogP contribution in [0, 0.1) is 5.92 Å². The number of amides is 1. The van der Waals surface area contributed by atoms with Crippen molar-refractivity contribution in [3.63, 3.8) is 0 Å². The Morgan fingerprint density at radius 3 is 2.67 bits per heavy atom. The lowest BCUT2D eigenvalue weighted by Crippen LogP contribution is -2.42. The average molecular weight is 474 g/mol. The zero-order valence-corrected chi connectivity index (χ0v) is 20.3. The number of nitrogens with one attached hydrogen (secondary N) is 1. The van der Waals surface area contributed by atoms with E-state index in [0.29, 0.717) is 37.3 Å². The molecule has 1 amide bonds. The molecule has 2 unspecified atom stereocenters. The molecule has 9 nitrogen and oxygen atoms in total. The Morgan fingerprint density at radius 1 is 1.18 bits per heavy atom. The Kier molecular flexibility index (Phi) is 6.32. The van der Waals surface area contributed by atoms with Crippen LogP contribution in [-0.4, -0.2) is 62.2 Å². The number of pyridine rings is 2. The maximum Gasteiger partial charge on any atom is 0.281 e. The molecule has 0 saturated carbocycles. The summed E-state index contributed by atoms with van der Waals surface area (Å²) >= 11 is 0. The van der Waals surface area contributed by atoms with Gasteiger partial charge in [-0.15, -0.1) is 0 Å². The molecule has 0 aliphatic carbocycles. The molecule has 2 aromatic rings. The van der Waals surface area contributed by atoms with E-state index in [0.717, 1.165) is 13.0 Å². The number of rotatable bonds is 5. The normalized spacial score (nSPS) is 22.9. The Bertz CT molecular complexity index is 1140. The molecule has 2 atom stereocenters. The van der Waals surface area contributed by atoms with Gasteiger partial charge in [0.05, 0.1) is 18.3 Å². The van der Waals surface area contributed by atoms with Gasteiger partial charge in [0.1, 0.15) is 11.6 Å². The molecular formula is C23H31N5O4S. The van der Waals surface area contributed by atoms with E-state index in [4.69, 9.17) is 4.74 Å². The van der Waals surface area contributed by atoms with Crippen molar-refractivity contribution in [1.29, 1.82) is 0 Å². The summed E-state index contributed by atoms with van der Waals surface area (Å²) in [6.07, 6.45) is 2.61. The van der Waals surface area contributed by atoms with Gasteiger partial charge in [-0.1, -0.05) is 13.0 Å². The first-order valence-electron chi connectivity index (χ1n) is 11.2. The monoisotopic (exact) mass is 473 g/mol. The van der Waals surface area contributed by atoms with E-state index in [1.165, 1.54) is 6.07 Å². The predicted octanol–water partition coefficient (Wildman–Crippen LogP) is 2.45. The summed E-state index contributed by atoms with van der Waals surface area (Å²) in [4.78, 5) is 25.9. The largest absolute Gasteiger partial charge is 0.375 e. The second-order valence-corrected chi connectivity index (χ2v) is 11.1. The molecular weight excluding hydrogens is 442 g/mol. The summed E-state index contributed by atoms with van der Waals surface area (Å²) in [6, 6.07) is 8.01. The van der Waals surface area contributed by atoms with E-state index >= 15 is 0 Å². The average Bonchev–Trinajstić information content (AvgIpc) is 3.05. The smallest absolute Gasteiger partial charge is 0.281 e. The maximum absolute atomic E-state index is 13.1. The van der Waals surface area contributed by atoms with Gasteiger partial charge in [-0.3, -0.25) is 4.79 Å². The van der Waals surface area contributed by atoms with E-state index in [9.17, 15) is 13.2 Å². The van der Waals surface area contributed by atoms with Gasteiger partial charge in [0, 0.05) is 31.4 Å². The fourth-order valence-corrected chi connectivity index (χ4v) is 5.66. The maximum atomic E-state index is 13.1. The third-order valence-electron chi connectivity index (χ3n) is 6.14. The summed E-state index contributed by atoms with van der Waals surface area (Å²) in [5, 5.41) is -0.201. The number of morpholine rings is 1. The van der Waals surface area contributed by atoms with Crippen LogP contribution in [-0.2, 0) is 14.8 Å². The SMILES string of the molecule is CC1CN(c2ncccc2C(=O)NS(=O)(=O)c2cccc(N3CCOC(C)C3)n2)C(C)(C)C1. The van der Waals surface area contributed by atoms with Crippen molar-refractivity contribution in [1.82, 2.24) is 14.7 Å². The number of carbonyl (C=O) groups is 1. The second kappa shape index (κ2) is 8.90. The van der Waals surface area contributed by atoms with Crippen LogP contribution < -0.4 is 14.5 Å². The molecule has 4 rings (SSSR count). The van der Waals surface area contributed by atoms with Gasteiger partial charge < -0.3 is 14.5 Å². The number of sulfonamides is 1. The summed E-state index contributed by atoms with van der Waals surface area (Å²) in [6.45, 7) is 10.9. The van der Waals surface area contributed by atoms with Gasteiger partial charge in [0.2, 0.25) is 0 Å². The van der Waals surface area contributed by atoms with Crippen molar-refractivity contribution in [2.45, 2.75) is 50.8 Å². The number of hydrogen-bond acceptors (Lipinski definition) is 8. The van der Waals surface area contributed by atoms with Crippen LogP contribution in [0.1, 0.15) is 44.5 Å². The third-order valence-corrected chi connectivity index (χ3v) is 7.37. The van der Waals surface area contributed by atoms with Crippen LogP contribution in [0.2, 0.25) is 0 Å². The van der Waals surface area contributed by atoms with E-state index in [2.05, 4.69) is 40.4 Å². The van der Waals surface area contributed by atoms with E-state index in [1.54, 1.807) is 30.5 Å². The Labute approximate surface area is 195 Å². The van der Waals surface area contributed by atoms with Gasteiger partial charge in [-0.25, -0.2) is 14.7 Å². The van der Waals surface area contributed by atoms with Crippen molar-refractivity contribution in [2.24, 2.45) is 5.92 Å². The molecule has 10 heteroatoms. The van der Waals surface area contributed by atoms with Crippen LogP contribution in [0.5, 0.6) is 0 Å². The molecule has 0 spiro atoms. The number of hydrogen-bond donors (Lipinski definition) is 1. The van der Waals surface area contributed by atoms with E-state index in [1.807, 2.05) is 11.8 Å². The van der Waals surface area contributed by atoms with Gasteiger partial charge in [-0.05, 0) is 57.4 Å². The van der Waals surface area contributed by atoms with Crippen LogP contribution in [0.3, 0.4) is 0 Å². The standard InChI is InChI=1S/C23H31N5O4S/c1-16-13-23(3,4)28(14-16)21-18(7-6-10-24-21)22(29)26-33(30,31)20-9-5-8-19(25-20)27-11-12-32-17(2)15-27/h5-10,16-17H,11-15H2,1-4H3,(H,26,29). The van der Waals surface area contributed by atoms with E-state index < -0.39 is 15.9 Å². The summed E-state index contributed by atoms with van der Waals surface area (Å²) < 4.78 is 33.9. The highest BCUT2D eigenvalue weighted by Gasteiger charge is 2.39. The molecule has 2 aliphatic rings. The third kappa shape index (κ3) is 4.96. The summed E-state index contributed by atoms with van der Waals surface area (Å²) in [7, 11) is -4.18. The van der Waals surface area contributed by atoms with Gasteiger partial charge in [0.15, 0.2) is 5.03 Å². The van der Waals surface area contributed by atoms with Crippen molar-refractivity contribution in [2.75, 3.05) is 36.0 Å². The summed E-state index contributed by atoms with van der Waals surface area (Å²) in [5.74, 6) is 0.746. The predicted molar refractivity (Wildman–Crippen MR) is 126 cm³/mol. The Balaban J connectivity index is 1.58. The van der Waals surface area contributed by atoms with Crippen LogP contribution in [0.15, 0.2) is 41.6 Å². The molecule has 1 N–H and O–H groups in total. The number of carbonyl (C=O) groups excluding carboxylic acids is 1. The molecule has 0 radical (unpaired) electrons. The molecule has 178 valence electrons. The van der Waals surface area contributed by atoms with Crippen LogP contribution in [0.25, 0.3) is 0 Å². The highest BCUT2D eigenvalue weighted by Crippen LogP contribution is 2.37. The topological polar surface area (TPSA) is 105 Å². The molecule has 4 heterocycles. The minimum Gasteiger partial charge on any atom is -0.375 e. The van der Waals surface area contributed by atoms with Gasteiger partial charge in [0.25, 0.3) is 15.9 Å². The number of anilines is 2. The van der Waals surface area contributed by atoms with E-state index in [-0.39, 0.29) is 22.2 Å². The fourth-order valence-electron chi connectivity index (χ4n) is 4.73. The fraction of sp³-hybridized carbons (Fsp3) is 0.522. The minimum absolute atomic E-state index is 0.0297. The number of aromatic nitrogens is 2. The van der Waals surface area contributed by atoms with Crippen molar-refractivity contribution in [3.8, 4) is 0 Å². The zero-order chi connectivity index (χ0) is 23.8. The summed E-state index contributed by atoms with van der Waals surface area (Å²) in [5.41, 5.74) is 0.0359. The van der Waals surface area contributed by atoms with Gasteiger partial charge in [-0.2, -0.15) is 8.42 Å². The molecule has 2 aliphatic heterocycles. The lowest BCUT2D eigenvalue weighted by atomic mass is 9.97. The van der Waals surface area contributed by atoms with Crippen LogP contribution in [0.4, 0.5) is 11.6 Å². The van der Waals surface area contributed by atoms with Crippen molar-refractivity contribution in [3.05, 3.63) is 42.1 Å². The molecule has 2 aromatic heterocycles. The Morgan fingerprint density at radius 2 is 1.97 bits per heavy atom. The first-order chi connectivity index (χ1) is 15.6. The lowest BCUT2D eigenvalue weighted by molar-refractivity contribution is 0.0529. The second-order valence-electron chi connectivity index (χ2n) is 9.50. The van der Waals surface area contributed by atoms with Crippen LogP contribution >= 0.6 is 0 Å².